The maximum Gasteiger partial charge on any atom is 0.250 e. The number of ether oxygens (including phenoxy) is 2. The molecule has 0 aliphatic carbocycles. The second kappa shape index (κ2) is 5.09. The molecule has 1 aromatic heterocycles. The zero-order chi connectivity index (χ0) is 10.5. The highest BCUT2D eigenvalue weighted by Crippen LogP contribution is 2.08. The summed E-state index contributed by atoms with van der Waals surface area (Å²) in [5, 5.41) is 0. The molecule has 0 unspecified atom stereocenters. The van der Waals surface area contributed by atoms with Crippen molar-refractivity contribution in [1.82, 2.24) is 4.57 Å². The maximum absolute atomic E-state index is 11.4. The number of aromatic nitrogens is 1. The summed E-state index contributed by atoms with van der Waals surface area (Å²) in [5.74, 6) is 0. The van der Waals surface area contributed by atoms with Crippen molar-refractivity contribution < 1.29 is 9.47 Å². The first kappa shape index (κ1) is 10.4. The molecule has 2 rings (SSSR count). The standard InChI is InChI=1S/C11H15NO3/c13-10-4-1-2-6-12(10)7-5-11-14-8-3-9-15-11/h1-2,4,6,11H,3,5,7-9H2. The predicted molar refractivity (Wildman–Crippen MR) is 55.6 cm³/mol. The molecular formula is C11H15NO3. The highest BCUT2D eigenvalue weighted by atomic mass is 16.7. The first-order chi connectivity index (χ1) is 7.36. The third-order valence-electron chi connectivity index (χ3n) is 2.40. The van der Waals surface area contributed by atoms with Crippen molar-refractivity contribution in [2.24, 2.45) is 0 Å². The van der Waals surface area contributed by atoms with E-state index in [1.165, 1.54) is 0 Å². The van der Waals surface area contributed by atoms with Crippen LogP contribution < -0.4 is 5.56 Å². The molecule has 1 aromatic rings. The van der Waals surface area contributed by atoms with E-state index in [4.69, 9.17) is 9.47 Å². The van der Waals surface area contributed by atoms with Crippen LogP contribution in [0.5, 0.6) is 0 Å². The molecule has 0 atom stereocenters. The lowest BCUT2D eigenvalue weighted by Gasteiger charge is -2.23. The first-order valence-electron chi connectivity index (χ1n) is 5.25. The van der Waals surface area contributed by atoms with Gasteiger partial charge in [-0.1, -0.05) is 6.07 Å². The van der Waals surface area contributed by atoms with E-state index in [0.29, 0.717) is 6.54 Å². The van der Waals surface area contributed by atoms with E-state index in [2.05, 4.69) is 0 Å². The fourth-order valence-corrected chi connectivity index (χ4v) is 1.59. The molecule has 2 heterocycles. The summed E-state index contributed by atoms with van der Waals surface area (Å²) in [6.45, 7) is 2.16. The van der Waals surface area contributed by atoms with Crippen LogP contribution in [0.3, 0.4) is 0 Å². The van der Waals surface area contributed by atoms with Gasteiger partial charge in [-0.25, -0.2) is 0 Å². The lowest BCUT2D eigenvalue weighted by molar-refractivity contribution is -0.182. The molecule has 0 aromatic carbocycles. The maximum atomic E-state index is 11.4. The van der Waals surface area contributed by atoms with Gasteiger partial charge in [-0.2, -0.15) is 0 Å². The minimum absolute atomic E-state index is 0.0216. The molecule has 0 amide bonds. The summed E-state index contributed by atoms with van der Waals surface area (Å²) in [6, 6.07) is 5.15. The second-order valence-electron chi connectivity index (χ2n) is 3.55. The van der Waals surface area contributed by atoms with E-state index in [1.54, 1.807) is 22.9 Å². The average molecular weight is 209 g/mol. The van der Waals surface area contributed by atoms with Crippen molar-refractivity contribution in [1.29, 1.82) is 0 Å². The molecule has 1 fully saturated rings. The molecule has 1 saturated heterocycles. The number of hydrogen-bond donors (Lipinski definition) is 0. The fourth-order valence-electron chi connectivity index (χ4n) is 1.59. The Morgan fingerprint density at radius 2 is 2.13 bits per heavy atom. The van der Waals surface area contributed by atoms with E-state index in [-0.39, 0.29) is 11.8 Å². The van der Waals surface area contributed by atoms with Gasteiger partial charge in [0.2, 0.25) is 0 Å². The number of pyridine rings is 1. The SMILES string of the molecule is O=c1ccccn1CCC1OCCCO1. The minimum Gasteiger partial charge on any atom is -0.353 e. The summed E-state index contributed by atoms with van der Waals surface area (Å²) in [4.78, 5) is 11.4. The Bertz CT molecular complexity index is 355. The quantitative estimate of drug-likeness (QED) is 0.745. The Kier molecular flexibility index (Phi) is 3.53. The van der Waals surface area contributed by atoms with Gasteiger partial charge in [-0.15, -0.1) is 0 Å². The third-order valence-corrected chi connectivity index (χ3v) is 2.40. The topological polar surface area (TPSA) is 40.5 Å². The van der Waals surface area contributed by atoms with Crippen molar-refractivity contribution in [3.63, 3.8) is 0 Å². The average Bonchev–Trinajstić information content (AvgIpc) is 2.29. The van der Waals surface area contributed by atoms with Crippen LogP contribution in [0.1, 0.15) is 12.8 Å². The Morgan fingerprint density at radius 1 is 1.33 bits per heavy atom. The van der Waals surface area contributed by atoms with Crippen LogP contribution in [0.4, 0.5) is 0 Å². The molecule has 0 spiro atoms. The smallest absolute Gasteiger partial charge is 0.250 e. The van der Waals surface area contributed by atoms with E-state index in [9.17, 15) is 4.79 Å². The Hall–Kier alpha value is -1.13. The van der Waals surface area contributed by atoms with Crippen molar-refractivity contribution in [3.8, 4) is 0 Å². The van der Waals surface area contributed by atoms with Crippen LogP contribution >= 0.6 is 0 Å². The summed E-state index contributed by atoms with van der Waals surface area (Å²) in [5.41, 5.74) is 0.0216. The fraction of sp³-hybridized carbons (Fsp3) is 0.545. The summed E-state index contributed by atoms with van der Waals surface area (Å²) < 4.78 is 12.5. The molecule has 15 heavy (non-hydrogen) atoms. The lowest BCUT2D eigenvalue weighted by Crippen LogP contribution is -2.28. The number of hydrogen-bond acceptors (Lipinski definition) is 3. The van der Waals surface area contributed by atoms with Crippen LogP contribution in [0.2, 0.25) is 0 Å². The molecule has 0 bridgehead atoms. The van der Waals surface area contributed by atoms with Gasteiger partial charge in [-0.05, 0) is 12.5 Å². The van der Waals surface area contributed by atoms with Crippen LogP contribution in [0, 0.1) is 0 Å². The molecular weight excluding hydrogens is 194 g/mol. The van der Waals surface area contributed by atoms with Gasteiger partial charge >= 0.3 is 0 Å². The first-order valence-corrected chi connectivity index (χ1v) is 5.25. The van der Waals surface area contributed by atoms with Gasteiger partial charge in [0.15, 0.2) is 6.29 Å². The highest BCUT2D eigenvalue weighted by Gasteiger charge is 2.13. The van der Waals surface area contributed by atoms with E-state index in [1.807, 2.05) is 6.07 Å². The zero-order valence-corrected chi connectivity index (χ0v) is 8.59. The van der Waals surface area contributed by atoms with Crippen molar-refractivity contribution in [3.05, 3.63) is 34.7 Å². The normalized spacial score (nSPS) is 17.9. The van der Waals surface area contributed by atoms with Gasteiger partial charge in [0.05, 0.1) is 13.2 Å². The van der Waals surface area contributed by atoms with Gasteiger partial charge in [0.1, 0.15) is 0 Å². The minimum atomic E-state index is -0.147. The molecule has 4 nitrogen and oxygen atoms in total. The van der Waals surface area contributed by atoms with Crippen molar-refractivity contribution in [2.75, 3.05) is 13.2 Å². The van der Waals surface area contributed by atoms with Crippen LogP contribution in [0.15, 0.2) is 29.2 Å². The Labute approximate surface area is 88.4 Å². The molecule has 82 valence electrons. The number of aryl methyl sites for hydroxylation is 1. The van der Waals surface area contributed by atoms with Crippen LogP contribution in [-0.4, -0.2) is 24.1 Å². The molecule has 1 aliphatic rings. The summed E-state index contributed by atoms with van der Waals surface area (Å²) in [6.07, 6.45) is 3.32. The van der Waals surface area contributed by atoms with E-state index < -0.39 is 0 Å². The molecule has 0 radical (unpaired) electrons. The molecule has 0 saturated carbocycles. The summed E-state index contributed by atoms with van der Waals surface area (Å²) >= 11 is 0. The lowest BCUT2D eigenvalue weighted by atomic mass is 10.3. The van der Waals surface area contributed by atoms with Gasteiger partial charge in [0, 0.05) is 25.2 Å². The van der Waals surface area contributed by atoms with Gasteiger partial charge in [0.25, 0.3) is 5.56 Å². The molecule has 1 aliphatic heterocycles. The largest absolute Gasteiger partial charge is 0.353 e. The highest BCUT2D eigenvalue weighted by molar-refractivity contribution is 4.93. The van der Waals surface area contributed by atoms with Crippen LogP contribution in [-0.2, 0) is 16.0 Å². The van der Waals surface area contributed by atoms with Gasteiger partial charge in [-0.3, -0.25) is 4.79 Å². The van der Waals surface area contributed by atoms with Crippen molar-refractivity contribution in [2.45, 2.75) is 25.7 Å². The van der Waals surface area contributed by atoms with Crippen LogP contribution in [0.25, 0.3) is 0 Å². The summed E-state index contributed by atoms with van der Waals surface area (Å²) in [7, 11) is 0. The predicted octanol–water partition coefficient (Wildman–Crippen LogP) is 1.00. The van der Waals surface area contributed by atoms with E-state index in [0.717, 1.165) is 26.1 Å². The molecule has 0 N–H and O–H groups in total. The second-order valence-corrected chi connectivity index (χ2v) is 3.55. The molecule has 4 heteroatoms. The third kappa shape index (κ3) is 2.91. The monoisotopic (exact) mass is 209 g/mol. The zero-order valence-electron chi connectivity index (χ0n) is 8.59. The Morgan fingerprint density at radius 3 is 2.87 bits per heavy atom. The number of rotatable bonds is 3. The van der Waals surface area contributed by atoms with Gasteiger partial charge < -0.3 is 14.0 Å². The Balaban J connectivity index is 1.87. The van der Waals surface area contributed by atoms with E-state index >= 15 is 0 Å². The van der Waals surface area contributed by atoms with Crippen molar-refractivity contribution >= 4 is 0 Å². The number of nitrogens with zero attached hydrogens (tertiary/aromatic N) is 1.